The molecule has 0 bridgehead atoms. The summed E-state index contributed by atoms with van der Waals surface area (Å²) in [4.78, 5) is 15.2. The number of hydrogen-bond donors (Lipinski definition) is 1. The van der Waals surface area contributed by atoms with Crippen molar-refractivity contribution in [3.05, 3.63) is 23.5 Å². The minimum atomic E-state index is 0.0695. The van der Waals surface area contributed by atoms with Gasteiger partial charge in [0.1, 0.15) is 0 Å². The molecule has 0 radical (unpaired) electrons. The number of nitrogens with one attached hydrogen (secondary N) is 1. The van der Waals surface area contributed by atoms with Crippen LogP contribution in [0.15, 0.2) is 12.3 Å². The highest BCUT2D eigenvalue weighted by Gasteiger charge is 2.17. The van der Waals surface area contributed by atoms with Crippen LogP contribution >= 0.6 is 0 Å². The summed E-state index contributed by atoms with van der Waals surface area (Å²) in [5.74, 6) is 0.0695. The minimum Gasteiger partial charge on any atom is -0.325 e. The van der Waals surface area contributed by atoms with Gasteiger partial charge in [0.15, 0.2) is 0 Å². The highest BCUT2D eigenvalue weighted by Crippen LogP contribution is 2.22. The molecule has 0 unspecified atom stereocenters. The number of pyridine rings is 1. The second-order valence-corrected chi connectivity index (χ2v) is 2.91. The van der Waals surface area contributed by atoms with Crippen molar-refractivity contribution in [2.24, 2.45) is 0 Å². The molecule has 0 aromatic carbocycles. The van der Waals surface area contributed by atoms with Crippen LogP contribution < -0.4 is 5.32 Å². The molecular weight excluding hydrogens is 152 g/mol. The molecule has 12 heavy (non-hydrogen) atoms. The molecule has 3 heteroatoms. The van der Waals surface area contributed by atoms with Crippen molar-refractivity contribution in [3.8, 4) is 0 Å². The molecule has 1 aromatic heterocycles. The van der Waals surface area contributed by atoms with Gasteiger partial charge in [0.05, 0.1) is 6.42 Å². The highest BCUT2D eigenvalue weighted by molar-refractivity contribution is 5.98. The zero-order valence-electron chi connectivity index (χ0n) is 6.92. The Kier molecular flexibility index (Phi) is 1.57. The van der Waals surface area contributed by atoms with E-state index in [-0.39, 0.29) is 5.91 Å². The largest absolute Gasteiger partial charge is 0.325 e. The van der Waals surface area contributed by atoms with Gasteiger partial charge >= 0.3 is 0 Å². The van der Waals surface area contributed by atoms with Gasteiger partial charge in [-0.3, -0.25) is 9.78 Å². The molecule has 2 heterocycles. The Balaban J connectivity index is 2.41. The van der Waals surface area contributed by atoms with Gasteiger partial charge in [0, 0.05) is 23.1 Å². The van der Waals surface area contributed by atoms with Crippen LogP contribution in [-0.2, 0) is 17.6 Å². The minimum absolute atomic E-state index is 0.0695. The maximum atomic E-state index is 11.0. The Hall–Kier alpha value is -1.38. The van der Waals surface area contributed by atoms with Gasteiger partial charge in [-0.15, -0.1) is 0 Å². The fourth-order valence-electron chi connectivity index (χ4n) is 1.34. The van der Waals surface area contributed by atoms with Gasteiger partial charge in [-0.25, -0.2) is 0 Å². The normalized spacial score (nSPS) is 14.2. The van der Waals surface area contributed by atoms with Gasteiger partial charge in [-0.05, 0) is 12.5 Å². The number of carbonyl (C=O) groups is 1. The number of fused-ring (bicyclic) bond motifs is 1. The molecule has 0 saturated heterocycles. The van der Waals surface area contributed by atoms with E-state index in [9.17, 15) is 4.79 Å². The lowest BCUT2D eigenvalue weighted by Crippen LogP contribution is -2.03. The Morgan fingerprint density at radius 2 is 2.50 bits per heavy atom. The van der Waals surface area contributed by atoms with E-state index in [4.69, 9.17) is 0 Å². The molecule has 0 atom stereocenters. The van der Waals surface area contributed by atoms with E-state index >= 15 is 0 Å². The second-order valence-electron chi connectivity index (χ2n) is 2.91. The Morgan fingerprint density at radius 1 is 1.67 bits per heavy atom. The second kappa shape index (κ2) is 2.59. The Bertz CT molecular complexity index is 333. The van der Waals surface area contributed by atoms with Gasteiger partial charge in [-0.1, -0.05) is 6.92 Å². The van der Waals surface area contributed by atoms with Crippen LogP contribution in [-0.4, -0.2) is 10.9 Å². The third-order valence-electron chi connectivity index (χ3n) is 2.03. The Labute approximate surface area is 70.8 Å². The summed E-state index contributed by atoms with van der Waals surface area (Å²) in [7, 11) is 0. The third kappa shape index (κ3) is 1.07. The Morgan fingerprint density at radius 3 is 3.25 bits per heavy atom. The van der Waals surface area contributed by atoms with Gasteiger partial charge in [-0.2, -0.15) is 0 Å². The fraction of sp³-hybridized carbons (Fsp3) is 0.333. The number of aryl methyl sites for hydroxylation is 1. The summed E-state index contributed by atoms with van der Waals surface area (Å²) < 4.78 is 0. The van der Waals surface area contributed by atoms with Crippen LogP contribution in [0.1, 0.15) is 18.2 Å². The monoisotopic (exact) mass is 162 g/mol. The lowest BCUT2D eigenvalue weighted by molar-refractivity contribution is -0.115. The van der Waals surface area contributed by atoms with Crippen LogP contribution in [0, 0.1) is 0 Å². The lowest BCUT2D eigenvalue weighted by Gasteiger charge is -1.99. The molecule has 3 nitrogen and oxygen atoms in total. The summed E-state index contributed by atoms with van der Waals surface area (Å²) in [6, 6.07) is 1.94. The van der Waals surface area contributed by atoms with E-state index in [1.54, 1.807) is 6.20 Å². The van der Waals surface area contributed by atoms with Crippen molar-refractivity contribution in [2.45, 2.75) is 19.8 Å². The molecule has 1 aromatic rings. The third-order valence-corrected chi connectivity index (χ3v) is 2.03. The van der Waals surface area contributed by atoms with E-state index < -0.39 is 0 Å². The first kappa shape index (κ1) is 7.28. The summed E-state index contributed by atoms with van der Waals surface area (Å²) in [6.07, 6.45) is 3.17. The zero-order valence-corrected chi connectivity index (χ0v) is 6.92. The van der Waals surface area contributed by atoms with Gasteiger partial charge < -0.3 is 5.32 Å². The molecule has 2 rings (SSSR count). The standard InChI is InChI=1S/C9H10N2O/c1-2-7-4-8-6(5-10-7)3-9(12)11-8/h4-5H,2-3H2,1H3,(H,11,12). The lowest BCUT2D eigenvalue weighted by atomic mass is 10.2. The number of hydrogen-bond acceptors (Lipinski definition) is 2. The van der Waals surface area contributed by atoms with Crippen molar-refractivity contribution in [2.75, 3.05) is 5.32 Å². The summed E-state index contributed by atoms with van der Waals surface area (Å²) in [5.41, 5.74) is 2.97. The van der Waals surface area contributed by atoms with Crippen molar-refractivity contribution < 1.29 is 4.79 Å². The molecule has 1 N–H and O–H groups in total. The van der Waals surface area contributed by atoms with E-state index in [0.717, 1.165) is 23.4 Å². The molecule has 1 aliphatic rings. The van der Waals surface area contributed by atoms with E-state index in [0.29, 0.717) is 6.42 Å². The fourth-order valence-corrected chi connectivity index (χ4v) is 1.34. The van der Waals surface area contributed by atoms with Gasteiger partial charge in [0.25, 0.3) is 0 Å². The van der Waals surface area contributed by atoms with Crippen molar-refractivity contribution in [1.29, 1.82) is 0 Å². The van der Waals surface area contributed by atoms with Gasteiger partial charge in [0.2, 0.25) is 5.91 Å². The molecule has 0 fully saturated rings. The van der Waals surface area contributed by atoms with Crippen molar-refractivity contribution in [3.63, 3.8) is 0 Å². The number of carbonyl (C=O) groups excluding carboxylic acids is 1. The molecule has 1 aliphatic heterocycles. The summed E-state index contributed by atoms with van der Waals surface area (Å²) in [6.45, 7) is 2.05. The number of amides is 1. The average molecular weight is 162 g/mol. The van der Waals surface area contributed by atoms with E-state index in [1.807, 2.05) is 13.0 Å². The first-order valence-corrected chi connectivity index (χ1v) is 4.07. The number of anilines is 1. The molecule has 62 valence electrons. The van der Waals surface area contributed by atoms with E-state index in [1.165, 1.54) is 0 Å². The summed E-state index contributed by atoms with van der Waals surface area (Å²) >= 11 is 0. The highest BCUT2D eigenvalue weighted by atomic mass is 16.1. The first-order chi connectivity index (χ1) is 5.79. The molecule has 0 spiro atoms. The zero-order chi connectivity index (χ0) is 8.55. The van der Waals surface area contributed by atoms with Crippen LogP contribution in [0.4, 0.5) is 5.69 Å². The molecule has 0 saturated carbocycles. The molecule has 1 amide bonds. The number of nitrogens with zero attached hydrogens (tertiary/aromatic N) is 1. The first-order valence-electron chi connectivity index (χ1n) is 4.07. The van der Waals surface area contributed by atoms with Crippen molar-refractivity contribution in [1.82, 2.24) is 4.98 Å². The topological polar surface area (TPSA) is 42.0 Å². The number of aromatic nitrogens is 1. The number of rotatable bonds is 1. The van der Waals surface area contributed by atoms with Crippen LogP contribution in [0.25, 0.3) is 0 Å². The van der Waals surface area contributed by atoms with Crippen LogP contribution in [0.3, 0.4) is 0 Å². The predicted molar refractivity (Wildman–Crippen MR) is 45.9 cm³/mol. The SMILES string of the molecule is CCc1cc2c(cn1)CC(=O)N2. The predicted octanol–water partition coefficient (Wildman–Crippen LogP) is 1.14. The van der Waals surface area contributed by atoms with E-state index in [2.05, 4.69) is 10.3 Å². The summed E-state index contributed by atoms with van der Waals surface area (Å²) in [5, 5.41) is 2.79. The molecule has 0 aliphatic carbocycles. The maximum Gasteiger partial charge on any atom is 0.228 e. The molecular formula is C9H10N2O. The van der Waals surface area contributed by atoms with Crippen LogP contribution in [0.2, 0.25) is 0 Å². The smallest absolute Gasteiger partial charge is 0.228 e. The van der Waals surface area contributed by atoms with Crippen LogP contribution in [0.5, 0.6) is 0 Å². The quantitative estimate of drug-likeness (QED) is 0.672. The van der Waals surface area contributed by atoms with Crippen molar-refractivity contribution >= 4 is 11.6 Å². The maximum absolute atomic E-state index is 11.0. The average Bonchev–Trinajstić information content (AvgIpc) is 2.43.